The normalized spacial score (nSPS) is 10.5. The second kappa shape index (κ2) is 3.52. The lowest BCUT2D eigenvalue weighted by molar-refractivity contribution is -0.139. The highest BCUT2D eigenvalue weighted by molar-refractivity contribution is 5.76. The van der Waals surface area contributed by atoms with Crippen LogP contribution in [0.4, 0.5) is 0 Å². The molecule has 2 aromatic heterocycles. The Bertz CT molecular complexity index is 508. The summed E-state index contributed by atoms with van der Waals surface area (Å²) in [5.74, 6) is -0.874. The average molecular weight is 208 g/mol. The molecule has 0 unspecified atom stereocenters. The lowest BCUT2D eigenvalue weighted by Crippen LogP contribution is -2.10. The summed E-state index contributed by atoms with van der Waals surface area (Å²) in [4.78, 5) is 22.1. The summed E-state index contributed by atoms with van der Waals surface area (Å²) < 4.78 is 6.67. The van der Waals surface area contributed by atoms with Crippen LogP contribution in [0, 0.1) is 0 Å². The van der Waals surface area contributed by atoms with Crippen molar-refractivity contribution in [2.75, 3.05) is 6.61 Å². The van der Waals surface area contributed by atoms with E-state index in [1.54, 1.807) is 17.9 Å². The largest absolute Gasteiger partial charge is 0.479 e. The Morgan fingerprint density at radius 3 is 3.07 bits per heavy atom. The van der Waals surface area contributed by atoms with E-state index in [0.717, 1.165) is 0 Å². The van der Waals surface area contributed by atoms with Gasteiger partial charge in [-0.15, -0.1) is 0 Å². The van der Waals surface area contributed by atoms with Crippen LogP contribution in [0.25, 0.3) is 11.2 Å². The van der Waals surface area contributed by atoms with Crippen LogP contribution in [0.3, 0.4) is 0 Å². The number of hydrogen-bond donors (Lipinski definition) is 1. The van der Waals surface area contributed by atoms with Gasteiger partial charge in [-0.1, -0.05) is 0 Å². The summed E-state index contributed by atoms with van der Waals surface area (Å²) in [5, 5.41) is 8.46. The number of carboxylic acid groups (broad SMARTS) is 1. The molecule has 2 aromatic rings. The fourth-order valence-corrected chi connectivity index (χ4v) is 1.16. The molecule has 0 saturated heterocycles. The molecule has 1 N–H and O–H groups in total. The van der Waals surface area contributed by atoms with E-state index in [9.17, 15) is 4.79 Å². The summed E-state index contributed by atoms with van der Waals surface area (Å²) in [6.45, 7) is -0.442. The minimum absolute atomic E-state index is 0.183. The van der Waals surface area contributed by atoms with Crippen LogP contribution in [0.1, 0.15) is 0 Å². The number of aryl methyl sites for hydroxylation is 1. The summed E-state index contributed by atoms with van der Waals surface area (Å²) >= 11 is 0. The zero-order valence-corrected chi connectivity index (χ0v) is 7.91. The number of aromatic nitrogens is 4. The molecule has 7 heteroatoms. The Balaban J connectivity index is 2.38. The van der Waals surface area contributed by atoms with Gasteiger partial charge in [0.15, 0.2) is 17.8 Å². The fraction of sp³-hybridized carbons (Fsp3) is 0.250. The predicted molar refractivity (Wildman–Crippen MR) is 49.4 cm³/mol. The first kappa shape index (κ1) is 9.38. The van der Waals surface area contributed by atoms with Crippen molar-refractivity contribution < 1.29 is 14.6 Å². The maximum Gasteiger partial charge on any atom is 0.341 e. The second-order valence-corrected chi connectivity index (χ2v) is 2.89. The summed E-state index contributed by atoms with van der Waals surface area (Å²) in [6.07, 6.45) is 2.87. The molecule has 0 aromatic carbocycles. The molecule has 2 heterocycles. The highest BCUT2D eigenvalue weighted by Gasteiger charge is 2.10. The molecular weight excluding hydrogens is 200 g/mol. The van der Waals surface area contributed by atoms with Gasteiger partial charge in [0, 0.05) is 7.05 Å². The second-order valence-electron chi connectivity index (χ2n) is 2.89. The van der Waals surface area contributed by atoms with E-state index in [1.165, 1.54) is 6.33 Å². The molecular formula is C8H8N4O3. The third kappa shape index (κ3) is 1.71. The fourth-order valence-electron chi connectivity index (χ4n) is 1.16. The molecule has 0 radical (unpaired) electrons. The first-order chi connectivity index (χ1) is 7.18. The molecule has 0 fully saturated rings. The Labute approximate surface area is 84.4 Å². The van der Waals surface area contributed by atoms with Crippen LogP contribution in [-0.2, 0) is 11.8 Å². The summed E-state index contributed by atoms with van der Waals surface area (Å²) in [6, 6.07) is 0. The minimum Gasteiger partial charge on any atom is -0.479 e. The van der Waals surface area contributed by atoms with Crippen molar-refractivity contribution in [2.24, 2.45) is 7.05 Å². The van der Waals surface area contributed by atoms with Crippen molar-refractivity contribution in [1.29, 1.82) is 0 Å². The third-order valence-corrected chi connectivity index (χ3v) is 1.80. The number of nitrogens with zero attached hydrogens (tertiary/aromatic N) is 4. The van der Waals surface area contributed by atoms with Gasteiger partial charge in [0.1, 0.15) is 6.33 Å². The average Bonchev–Trinajstić information content (AvgIpc) is 2.58. The number of rotatable bonds is 3. The number of hydrogen-bond acceptors (Lipinski definition) is 5. The maximum absolute atomic E-state index is 10.3. The van der Waals surface area contributed by atoms with Crippen molar-refractivity contribution in [3.8, 4) is 5.88 Å². The van der Waals surface area contributed by atoms with Gasteiger partial charge in [-0.25, -0.2) is 14.8 Å². The maximum atomic E-state index is 10.3. The van der Waals surface area contributed by atoms with Crippen molar-refractivity contribution in [2.45, 2.75) is 0 Å². The molecule has 15 heavy (non-hydrogen) atoms. The van der Waals surface area contributed by atoms with Gasteiger partial charge in [0.25, 0.3) is 0 Å². The number of fused-ring (bicyclic) bond motifs is 1. The van der Waals surface area contributed by atoms with E-state index in [-0.39, 0.29) is 5.88 Å². The van der Waals surface area contributed by atoms with E-state index in [1.807, 2.05) is 0 Å². The van der Waals surface area contributed by atoms with Crippen LogP contribution < -0.4 is 4.74 Å². The van der Waals surface area contributed by atoms with E-state index in [0.29, 0.717) is 11.2 Å². The van der Waals surface area contributed by atoms with Crippen molar-refractivity contribution in [1.82, 2.24) is 19.5 Å². The lowest BCUT2D eigenvalue weighted by Gasteiger charge is -2.01. The van der Waals surface area contributed by atoms with E-state index < -0.39 is 12.6 Å². The molecule has 0 spiro atoms. The highest BCUT2D eigenvalue weighted by Crippen LogP contribution is 2.18. The smallest absolute Gasteiger partial charge is 0.341 e. The lowest BCUT2D eigenvalue weighted by atomic mass is 10.5. The quantitative estimate of drug-likeness (QED) is 0.752. The zero-order valence-electron chi connectivity index (χ0n) is 7.91. The molecule has 0 saturated carbocycles. The first-order valence-corrected chi connectivity index (χ1v) is 4.15. The molecule has 0 bridgehead atoms. The van der Waals surface area contributed by atoms with E-state index in [2.05, 4.69) is 15.0 Å². The third-order valence-electron chi connectivity index (χ3n) is 1.80. The molecule has 0 atom stereocenters. The molecule has 0 aliphatic heterocycles. The standard InChI is InChI=1S/C8H8N4O3/c1-12-4-11-6-7(12)9-3-10-8(6)15-2-5(13)14/h3-4H,2H2,1H3,(H,13,14). The van der Waals surface area contributed by atoms with Crippen LogP contribution in [0.15, 0.2) is 12.7 Å². The van der Waals surface area contributed by atoms with Gasteiger partial charge >= 0.3 is 5.97 Å². The number of ether oxygens (including phenoxy) is 1. The van der Waals surface area contributed by atoms with E-state index >= 15 is 0 Å². The van der Waals surface area contributed by atoms with Crippen molar-refractivity contribution in [3.05, 3.63) is 12.7 Å². The Hall–Kier alpha value is -2.18. The minimum atomic E-state index is -1.06. The van der Waals surface area contributed by atoms with Crippen LogP contribution in [-0.4, -0.2) is 37.2 Å². The number of carbonyl (C=O) groups is 1. The number of carboxylic acids is 1. The van der Waals surface area contributed by atoms with Gasteiger partial charge in [-0.3, -0.25) is 0 Å². The van der Waals surface area contributed by atoms with Crippen LogP contribution in [0.2, 0.25) is 0 Å². The molecule has 7 nitrogen and oxygen atoms in total. The van der Waals surface area contributed by atoms with Gasteiger partial charge in [-0.2, -0.15) is 4.98 Å². The molecule has 0 aliphatic carbocycles. The van der Waals surface area contributed by atoms with Gasteiger partial charge < -0.3 is 14.4 Å². The van der Waals surface area contributed by atoms with Crippen LogP contribution >= 0.6 is 0 Å². The Morgan fingerprint density at radius 2 is 2.33 bits per heavy atom. The van der Waals surface area contributed by atoms with Crippen molar-refractivity contribution in [3.63, 3.8) is 0 Å². The van der Waals surface area contributed by atoms with Gasteiger partial charge in [-0.05, 0) is 0 Å². The Morgan fingerprint density at radius 1 is 1.53 bits per heavy atom. The van der Waals surface area contributed by atoms with Crippen LogP contribution in [0.5, 0.6) is 5.88 Å². The summed E-state index contributed by atoms with van der Waals surface area (Å²) in [7, 11) is 1.78. The first-order valence-electron chi connectivity index (χ1n) is 4.15. The SMILES string of the molecule is Cn1cnc2c(OCC(=O)O)ncnc21. The monoisotopic (exact) mass is 208 g/mol. The van der Waals surface area contributed by atoms with Gasteiger partial charge in [0.05, 0.1) is 6.33 Å². The molecule has 0 amide bonds. The van der Waals surface area contributed by atoms with Gasteiger partial charge in [0.2, 0.25) is 5.88 Å². The molecule has 2 rings (SSSR count). The predicted octanol–water partition coefficient (Wildman–Crippen LogP) is -0.173. The van der Waals surface area contributed by atoms with Crippen molar-refractivity contribution >= 4 is 17.1 Å². The summed E-state index contributed by atoms with van der Waals surface area (Å²) in [5.41, 5.74) is 1.06. The number of imidazole rings is 1. The number of aliphatic carboxylic acids is 1. The highest BCUT2D eigenvalue weighted by atomic mass is 16.5. The molecule has 0 aliphatic rings. The topological polar surface area (TPSA) is 90.1 Å². The molecule has 78 valence electrons. The zero-order chi connectivity index (χ0) is 10.8. The Kier molecular flexibility index (Phi) is 2.20. The van der Waals surface area contributed by atoms with E-state index in [4.69, 9.17) is 9.84 Å².